The Bertz CT molecular complexity index is 634. The van der Waals surface area contributed by atoms with Gasteiger partial charge in [0.25, 0.3) is 0 Å². The van der Waals surface area contributed by atoms with E-state index in [0.717, 1.165) is 56.3 Å². The van der Waals surface area contributed by atoms with E-state index in [4.69, 9.17) is 4.74 Å². The SMILES string of the molecule is O=C(OC12CC3CC(CC(C3)C1)C2)C1(Cc2ccccc2)CCCCCC1. The highest BCUT2D eigenvalue weighted by atomic mass is 16.6. The molecule has 0 saturated heterocycles. The first kappa shape index (κ1) is 17.8. The Kier molecular flexibility index (Phi) is 4.57. The lowest BCUT2D eigenvalue weighted by Gasteiger charge is -2.56. The zero-order valence-electron chi connectivity index (χ0n) is 16.6. The Morgan fingerprint density at radius 2 is 1.41 bits per heavy atom. The first-order chi connectivity index (χ1) is 13.1. The Morgan fingerprint density at radius 1 is 0.852 bits per heavy atom. The van der Waals surface area contributed by atoms with Crippen LogP contribution in [-0.4, -0.2) is 11.6 Å². The minimum atomic E-state index is -0.290. The Morgan fingerprint density at radius 3 is 1.96 bits per heavy atom. The van der Waals surface area contributed by atoms with Crippen LogP contribution in [0, 0.1) is 23.2 Å². The molecule has 27 heavy (non-hydrogen) atoms. The highest BCUT2D eigenvalue weighted by Crippen LogP contribution is 2.57. The second kappa shape index (κ2) is 6.94. The molecule has 0 aromatic heterocycles. The summed E-state index contributed by atoms with van der Waals surface area (Å²) in [7, 11) is 0. The minimum Gasteiger partial charge on any atom is -0.459 e. The van der Waals surface area contributed by atoms with E-state index >= 15 is 0 Å². The quantitative estimate of drug-likeness (QED) is 0.477. The van der Waals surface area contributed by atoms with E-state index in [0.29, 0.717) is 0 Å². The molecule has 0 spiro atoms. The highest BCUT2D eigenvalue weighted by molar-refractivity contribution is 5.78. The maximum Gasteiger partial charge on any atom is 0.312 e. The summed E-state index contributed by atoms with van der Waals surface area (Å²) < 4.78 is 6.58. The van der Waals surface area contributed by atoms with Crippen molar-refractivity contribution < 1.29 is 9.53 Å². The Balaban J connectivity index is 1.39. The maximum absolute atomic E-state index is 13.7. The molecule has 5 fully saturated rings. The van der Waals surface area contributed by atoms with Crippen molar-refractivity contribution in [3.8, 4) is 0 Å². The van der Waals surface area contributed by atoms with Crippen LogP contribution in [0.5, 0.6) is 0 Å². The number of hydrogen-bond acceptors (Lipinski definition) is 2. The third-order valence-corrected chi connectivity index (χ3v) is 8.17. The molecule has 0 aliphatic heterocycles. The second-order valence-corrected chi connectivity index (χ2v) is 10.3. The molecule has 0 radical (unpaired) electrons. The predicted octanol–water partition coefficient (Wildman–Crippen LogP) is 6.08. The monoisotopic (exact) mass is 366 g/mol. The predicted molar refractivity (Wildman–Crippen MR) is 107 cm³/mol. The molecule has 6 rings (SSSR count). The van der Waals surface area contributed by atoms with Gasteiger partial charge >= 0.3 is 5.97 Å². The zero-order chi connectivity index (χ0) is 18.3. The number of carbonyl (C=O) groups is 1. The van der Waals surface area contributed by atoms with Crippen molar-refractivity contribution in [3.63, 3.8) is 0 Å². The third-order valence-electron chi connectivity index (χ3n) is 8.17. The van der Waals surface area contributed by atoms with Crippen LogP contribution in [-0.2, 0) is 16.0 Å². The first-order valence-electron chi connectivity index (χ1n) is 11.4. The van der Waals surface area contributed by atoms with Gasteiger partial charge in [0.05, 0.1) is 5.41 Å². The van der Waals surface area contributed by atoms with Crippen LogP contribution in [0.4, 0.5) is 0 Å². The molecule has 5 aliphatic carbocycles. The van der Waals surface area contributed by atoms with Crippen molar-refractivity contribution >= 4 is 5.97 Å². The minimum absolute atomic E-state index is 0.109. The fourth-order valence-corrected chi connectivity index (χ4v) is 7.31. The largest absolute Gasteiger partial charge is 0.459 e. The Hall–Kier alpha value is -1.31. The van der Waals surface area contributed by atoms with E-state index in [9.17, 15) is 4.79 Å². The number of benzene rings is 1. The lowest BCUT2D eigenvalue weighted by Crippen LogP contribution is -2.54. The van der Waals surface area contributed by atoms with E-state index in [2.05, 4.69) is 30.3 Å². The van der Waals surface area contributed by atoms with E-state index in [1.807, 2.05) is 0 Å². The summed E-state index contributed by atoms with van der Waals surface area (Å²) in [5.74, 6) is 2.62. The molecular weight excluding hydrogens is 332 g/mol. The van der Waals surface area contributed by atoms with Crippen LogP contribution in [0.2, 0.25) is 0 Å². The number of esters is 1. The van der Waals surface area contributed by atoms with Crippen molar-refractivity contribution in [2.24, 2.45) is 23.2 Å². The van der Waals surface area contributed by atoms with Crippen molar-refractivity contribution in [1.82, 2.24) is 0 Å². The van der Waals surface area contributed by atoms with Crippen LogP contribution in [0.3, 0.4) is 0 Å². The van der Waals surface area contributed by atoms with E-state index < -0.39 is 0 Å². The molecule has 5 aliphatic rings. The van der Waals surface area contributed by atoms with E-state index in [-0.39, 0.29) is 17.0 Å². The topological polar surface area (TPSA) is 26.3 Å². The molecule has 2 heteroatoms. The lowest BCUT2D eigenvalue weighted by atomic mass is 9.54. The van der Waals surface area contributed by atoms with Crippen molar-refractivity contribution in [2.45, 2.75) is 89.1 Å². The molecule has 2 nitrogen and oxygen atoms in total. The van der Waals surface area contributed by atoms with Gasteiger partial charge in [-0.25, -0.2) is 0 Å². The van der Waals surface area contributed by atoms with Crippen LogP contribution < -0.4 is 0 Å². The van der Waals surface area contributed by atoms with Crippen LogP contribution in [0.25, 0.3) is 0 Å². The molecule has 1 aromatic rings. The van der Waals surface area contributed by atoms with Gasteiger partial charge < -0.3 is 4.74 Å². The average Bonchev–Trinajstić information content (AvgIpc) is 2.87. The molecule has 4 bridgehead atoms. The molecule has 5 saturated carbocycles. The van der Waals surface area contributed by atoms with Gasteiger partial charge in [0.1, 0.15) is 5.60 Å². The summed E-state index contributed by atoms with van der Waals surface area (Å²) in [5, 5.41) is 0. The second-order valence-electron chi connectivity index (χ2n) is 10.3. The highest BCUT2D eigenvalue weighted by Gasteiger charge is 2.54. The fourth-order valence-electron chi connectivity index (χ4n) is 7.31. The molecular formula is C25H34O2. The maximum atomic E-state index is 13.7. The van der Waals surface area contributed by atoms with Gasteiger partial charge in [0.15, 0.2) is 0 Å². The average molecular weight is 367 g/mol. The molecule has 0 N–H and O–H groups in total. The summed E-state index contributed by atoms with van der Waals surface area (Å²) in [5.41, 5.74) is 0.894. The lowest BCUT2D eigenvalue weighted by molar-refractivity contribution is -0.198. The van der Waals surface area contributed by atoms with Gasteiger partial charge in [0.2, 0.25) is 0 Å². The van der Waals surface area contributed by atoms with Gasteiger partial charge in [0, 0.05) is 0 Å². The molecule has 0 unspecified atom stereocenters. The number of ether oxygens (including phenoxy) is 1. The zero-order valence-corrected chi connectivity index (χ0v) is 16.6. The third kappa shape index (κ3) is 3.45. The molecule has 146 valence electrons. The summed E-state index contributed by atoms with van der Waals surface area (Å²) in [6, 6.07) is 10.6. The molecule has 0 heterocycles. The van der Waals surface area contributed by atoms with E-state index in [1.165, 1.54) is 50.5 Å². The van der Waals surface area contributed by atoms with Gasteiger partial charge in [-0.05, 0) is 81.1 Å². The number of rotatable bonds is 4. The fraction of sp³-hybridized carbons (Fsp3) is 0.720. The van der Waals surface area contributed by atoms with Gasteiger partial charge in [-0.15, -0.1) is 0 Å². The molecule has 1 aromatic carbocycles. The Labute approximate surface area is 164 Å². The number of carbonyl (C=O) groups excluding carboxylic acids is 1. The van der Waals surface area contributed by atoms with Crippen LogP contribution >= 0.6 is 0 Å². The normalized spacial score (nSPS) is 37.0. The van der Waals surface area contributed by atoms with Crippen molar-refractivity contribution in [3.05, 3.63) is 35.9 Å². The summed E-state index contributed by atoms with van der Waals surface area (Å²) >= 11 is 0. The summed E-state index contributed by atoms with van der Waals surface area (Å²) in [4.78, 5) is 13.7. The van der Waals surface area contributed by atoms with Gasteiger partial charge in [-0.2, -0.15) is 0 Å². The van der Waals surface area contributed by atoms with Crippen LogP contribution in [0.1, 0.15) is 82.6 Å². The van der Waals surface area contributed by atoms with Crippen LogP contribution in [0.15, 0.2) is 30.3 Å². The summed E-state index contributed by atoms with van der Waals surface area (Å²) in [6.45, 7) is 0. The summed E-state index contributed by atoms with van der Waals surface area (Å²) in [6.07, 6.45) is 15.4. The first-order valence-corrected chi connectivity index (χ1v) is 11.4. The molecule has 0 atom stereocenters. The van der Waals surface area contributed by atoms with Gasteiger partial charge in [-0.1, -0.05) is 56.0 Å². The standard InChI is InChI=1S/C25H34O2/c26-23(27-25-16-20-12-21(17-25)14-22(13-20)18-25)24(10-6-1-2-7-11-24)15-19-8-4-3-5-9-19/h3-5,8-9,20-22H,1-2,6-7,10-18H2. The van der Waals surface area contributed by atoms with Crippen molar-refractivity contribution in [1.29, 1.82) is 0 Å². The molecule has 0 amide bonds. The smallest absolute Gasteiger partial charge is 0.312 e. The van der Waals surface area contributed by atoms with E-state index in [1.54, 1.807) is 0 Å². The number of hydrogen-bond donors (Lipinski definition) is 0. The van der Waals surface area contributed by atoms with Gasteiger partial charge in [-0.3, -0.25) is 4.79 Å². The van der Waals surface area contributed by atoms with Crippen molar-refractivity contribution in [2.75, 3.05) is 0 Å².